The van der Waals surface area contributed by atoms with E-state index in [9.17, 15) is 0 Å². The van der Waals surface area contributed by atoms with Gasteiger partial charge in [0.2, 0.25) is 6.71 Å². The first-order valence-electron chi connectivity index (χ1n) is 6.11. The van der Waals surface area contributed by atoms with Gasteiger partial charge in [0.1, 0.15) is 0 Å². The zero-order valence-electron chi connectivity index (χ0n) is 10.6. The van der Waals surface area contributed by atoms with Crippen molar-refractivity contribution in [2.75, 3.05) is 11.9 Å². The number of rotatable bonds is 0. The van der Waals surface area contributed by atoms with Gasteiger partial charge in [0, 0.05) is 18.4 Å². The van der Waals surface area contributed by atoms with Crippen LogP contribution in [0.25, 0.3) is 0 Å². The molecule has 1 aliphatic heterocycles. The molecule has 17 heavy (non-hydrogen) atoms. The number of anilines is 2. The van der Waals surface area contributed by atoms with Crippen molar-refractivity contribution in [2.45, 2.75) is 13.7 Å². The molecule has 2 aromatic carbocycles. The SMILES string of the molecule is CB1c2ccccc2N(C)c2cc(C)ccc21. The van der Waals surface area contributed by atoms with Gasteiger partial charge in [-0.2, -0.15) is 0 Å². The first-order valence-corrected chi connectivity index (χ1v) is 6.11. The Balaban J connectivity index is 2.25. The number of aryl methyl sites for hydroxylation is 1. The third-order valence-corrected chi connectivity index (χ3v) is 3.78. The van der Waals surface area contributed by atoms with Crippen molar-refractivity contribution in [3.05, 3.63) is 48.0 Å². The molecule has 0 spiro atoms. The Kier molecular flexibility index (Phi) is 2.25. The molecule has 0 aromatic heterocycles. The van der Waals surface area contributed by atoms with Crippen molar-refractivity contribution < 1.29 is 0 Å². The summed E-state index contributed by atoms with van der Waals surface area (Å²) in [7, 11) is 2.16. The van der Waals surface area contributed by atoms with Crippen LogP contribution in [0, 0.1) is 6.92 Å². The monoisotopic (exact) mass is 221 g/mol. The fourth-order valence-corrected chi connectivity index (χ4v) is 2.77. The number of hydrogen-bond acceptors (Lipinski definition) is 1. The molecule has 2 heteroatoms. The normalized spacial score (nSPS) is 13.4. The van der Waals surface area contributed by atoms with Crippen LogP contribution < -0.4 is 15.8 Å². The van der Waals surface area contributed by atoms with Crippen molar-refractivity contribution in [1.82, 2.24) is 0 Å². The maximum absolute atomic E-state index is 2.30. The lowest BCUT2D eigenvalue weighted by atomic mass is 9.40. The molecule has 0 fully saturated rings. The van der Waals surface area contributed by atoms with Crippen LogP contribution in [-0.4, -0.2) is 13.8 Å². The lowest BCUT2D eigenvalue weighted by Gasteiger charge is -2.33. The van der Waals surface area contributed by atoms with Crippen LogP contribution in [0.5, 0.6) is 0 Å². The molecule has 0 aliphatic carbocycles. The largest absolute Gasteiger partial charge is 0.345 e. The molecule has 84 valence electrons. The predicted octanol–water partition coefficient (Wildman–Crippen LogP) is 2.32. The van der Waals surface area contributed by atoms with Gasteiger partial charge in [0.15, 0.2) is 0 Å². The highest BCUT2D eigenvalue weighted by Gasteiger charge is 2.27. The first-order chi connectivity index (χ1) is 8.18. The van der Waals surface area contributed by atoms with Crippen LogP contribution in [0.3, 0.4) is 0 Å². The van der Waals surface area contributed by atoms with Gasteiger partial charge in [-0.05, 0) is 24.6 Å². The molecule has 2 aromatic rings. The number of para-hydroxylation sites is 1. The molecular weight excluding hydrogens is 205 g/mol. The van der Waals surface area contributed by atoms with Crippen LogP contribution in [0.2, 0.25) is 6.82 Å². The summed E-state index contributed by atoms with van der Waals surface area (Å²) in [5.74, 6) is 0. The average molecular weight is 221 g/mol. The minimum Gasteiger partial charge on any atom is -0.345 e. The zero-order valence-corrected chi connectivity index (χ0v) is 10.6. The summed E-state index contributed by atoms with van der Waals surface area (Å²) in [6.07, 6.45) is 0. The van der Waals surface area contributed by atoms with E-state index < -0.39 is 0 Å². The second-order valence-corrected chi connectivity index (χ2v) is 4.90. The van der Waals surface area contributed by atoms with E-state index in [1.807, 2.05) is 0 Å². The van der Waals surface area contributed by atoms with E-state index in [2.05, 4.69) is 68.2 Å². The lowest BCUT2D eigenvalue weighted by Crippen LogP contribution is -2.48. The van der Waals surface area contributed by atoms with Crippen molar-refractivity contribution in [1.29, 1.82) is 0 Å². The highest BCUT2D eigenvalue weighted by atomic mass is 15.1. The van der Waals surface area contributed by atoms with Crippen LogP contribution in [-0.2, 0) is 0 Å². The van der Waals surface area contributed by atoms with Gasteiger partial charge in [-0.15, -0.1) is 0 Å². The van der Waals surface area contributed by atoms with Gasteiger partial charge in [-0.1, -0.05) is 48.1 Å². The molecule has 0 radical (unpaired) electrons. The van der Waals surface area contributed by atoms with Gasteiger partial charge in [-0.25, -0.2) is 0 Å². The van der Waals surface area contributed by atoms with E-state index in [4.69, 9.17) is 0 Å². The fourth-order valence-electron chi connectivity index (χ4n) is 2.77. The smallest absolute Gasteiger partial charge is 0.211 e. The Morgan fingerprint density at radius 3 is 2.47 bits per heavy atom. The molecule has 0 unspecified atom stereocenters. The second-order valence-electron chi connectivity index (χ2n) is 4.90. The topological polar surface area (TPSA) is 3.24 Å². The maximum Gasteiger partial charge on any atom is 0.211 e. The molecule has 0 N–H and O–H groups in total. The Hall–Kier alpha value is -1.70. The summed E-state index contributed by atoms with van der Waals surface area (Å²) in [6.45, 7) is 4.93. The Morgan fingerprint density at radius 2 is 1.65 bits per heavy atom. The molecule has 0 saturated heterocycles. The Morgan fingerprint density at radius 1 is 0.941 bits per heavy atom. The van der Waals surface area contributed by atoms with Crippen molar-refractivity contribution in [3.63, 3.8) is 0 Å². The van der Waals surface area contributed by atoms with Crippen molar-refractivity contribution in [3.8, 4) is 0 Å². The second kappa shape index (κ2) is 3.66. The van der Waals surface area contributed by atoms with Crippen LogP contribution >= 0.6 is 0 Å². The summed E-state index contributed by atoms with van der Waals surface area (Å²) < 4.78 is 0. The zero-order chi connectivity index (χ0) is 12.0. The molecule has 1 nitrogen and oxygen atoms in total. The van der Waals surface area contributed by atoms with Gasteiger partial charge in [-0.3, -0.25) is 0 Å². The van der Waals surface area contributed by atoms with E-state index in [-0.39, 0.29) is 0 Å². The minimum absolute atomic E-state index is 0.484. The molecule has 0 saturated carbocycles. The first kappa shape index (κ1) is 10.5. The van der Waals surface area contributed by atoms with Crippen LogP contribution in [0.4, 0.5) is 11.4 Å². The number of fused-ring (bicyclic) bond motifs is 2. The summed E-state index contributed by atoms with van der Waals surface area (Å²) in [4.78, 5) is 2.30. The van der Waals surface area contributed by atoms with E-state index in [1.165, 1.54) is 27.9 Å². The average Bonchev–Trinajstić information content (AvgIpc) is 2.36. The standard InChI is InChI=1S/C15H16BN/c1-11-8-9-13-15(10-11)17(3)14-7-5-4-6-12(14)16(13)2/h4-10H,1-3H3. The van der Waals surface area contributed by atoms with E-state index >= 15 is 0 Å². The maximum atomic E-state index is 2.30. The number of hydrogen-bond donors (Lipinski definition) is 0. The minimum atomic E-state index is 0.484. The molecule has 0 atom stereocenters. The molecule has 3 rings (SSSR count). The van der Waals surface area contributed by atoms with Gasteiger partial charge in [0.25, 0.3) is 0 Å². The molecule has 1 heterocycles. The fraction of sp³-hybridized carbons (Fsp3) is 0.200. The summed E-state index contributed by atoms with van der Waals surface area (Å²) >= 11 is 0. The third-order valence-electron chi connectivity index (χ3n) is 3.78. The molecule has 0 bridgehead atoms. The summed E-state index contributed by atoms with van der Waals surface area (Å²) in [6, 6.07) is 15.4. The summed E-state index contributed by atoms with van der Waals surface area (Å²) in [5.41, 5.74) is 6.85. The van der Waals surface area contributed by atoms with Gasteiger partial charge >= 0.3 is 0 Å². The lowest BCUT2D eigenvalue weighted by molar-refractivity contribution is 1.21. The van der Waals surface area contributed by atoms with Crippen LogP contribution in [0.15, 0.2) is 42.5 Å². The van der Waals surface area contributed by atoms with Crippen LogP contribution in [0.1, 0.15) is 5.56 Å². The summed E-state index contributed by atoms with van der Waals surface area (Å²) in [5, 5.41) is 0. The third kappa shape index (κ3) is 1.48. The highest BCUT2D eigenvalue weighted by Crippen LogP contribution is 2.26. The van der Waals surface area contributed by atoms with E-state index in [0.29, 0.717) is 6.71 Å². The van der Waals surface area contributed by atoms with E-state index in [1.54, 1.807) is 0 Å². The Bertz CT molecular complexity index is 577. The predicted molar refractivity (Wildman–Crippen MR) is 76.6 cm³/mol. The van der Waals surface area contributed by atoms with Crippen molar-refractivity contribution >= 4 is 29.0 Å². The van der Waals surface area contributed by atoms with E-state index in [0.717, 1.165) is 0 Å². The van der Waals surface area contributed by atoms with Crippen molar-refractivity contribution in [2.24, 2.45) is 0 Å². The molecule has 0 amide bonds. The highest BCUT2D eigenvalue weighted by molar-refractivity contribution is 6.87. The molecule has 1 aliphatic rings. The quantitative estimate of drug-likeness (QED) is 0.617. The number of benzene rings is 2. The van der Waals surface area contributed by atoms with Gasteiger partial charge < -0.3 is 4.90 Å². The molecular formula is C15H16BN. The van der Waals surface area contributed by atoms with Gasteiger partial charge in [0.05, 0.1) is 0 Å². The number of nitrogens with zero attached hydrogens (tertiary/aromatic N) is 1. The Labute approximate surface area is 103 Å².